The molecule has 6 heteroatoms. The lowest BCUT2D eigenvalue weighted by Gasteiger charge is -2.43. The van der Waals surface area contributed by atoms with Crippen LogP contribution < -0.4 is 5.32 Å². The Balaban J connectivity index is 2.15. The summed E-state index contributed by atoms with van der Waals surface area (Å²) in [5.41, 5.74) is -0.471. The zero-order valence-electron chi connectivity index (χ0n) is 11.2. The van der Waals surface area contributed by atoms with E-state index in [-0.39, 0.29) is 5.91 Å². The minimum Gasteiger partial charge on any atom is -0.353 e. The number of carbonyl (C=O) groups excluding carboxylic acids is 1. The quantitative estimate of drug-likeness (QED) is 0.861. The molecule has 1 N–H and O–H groups in total. The standard InChI is InChI=1S/C12H20N4O2/c1-4-5-12(3)11(17)13-6-7-16(12)8-10-14-9(2)18-15-10/h4-8H2,1-3H3,(H,13,17)/t12-/m1/s1. The molecule has 1 aliphatic rings. The van der Waals surface area contributed by atoms with Crippen molar-refractivity contribution in [2.45, 2.75) is 45.7 Å². The Morgan fingerprint density at radius 2 is 2.33 bits per heavy atom. The van der Waals surface area contributed by atoms with Crippen LogP contribution in [-0.4, -0.2) is 39.6 Å². The molecule has 1 saturated heterocycles. The van der Waals surface area contributed by atoms with Crippen LogP contribution in [-0.2, 0) is 11.3 Å². The minimum absolute atomic E-state index is 0.0933. The van der Waals surface area contributed by atoms with Crippen molar-refractivity contribution in [3.63, 3.8) is 0 Å². The smallest absolute Gasteiger partial charge is 0.240 e. The second kappa shape index (κ2) is 5.06. The maximum Gasteiger partial charge on any atom is 0.240 e. The molecule has 1 fully saturated rings. The van der Waals surface area contributed by atoms with Crippen molar-refractivity contribution in [2.75, 3.05) is 13.1 Å². The van der Waals surface area contributed by atoms with Gasteiger partial charge in [0.2, 0.25) is 11.8 Å². The van der Waals surface area contributed by atoms with Gasteiger partial charge in [0.25, 0.3) is 0 Å². The first-order chi connectivity index (χ1) is 8.56. The first-order valence-corrected chi connectivity index (χ1v) is 6.39. The highest BCUT2D eigenvalue weighted by Gasteiger charge is 2.41. The Morgan fingerprint density at radius 1 is 1.56 bits per heavy atom. The molecular weight excluding hydrogens is 232 g/mol. The molecule has 6 nitrogen and oxygen atoms in total. The summed E-state index contributed by atoms with van der Waals surface area (Å²) in [5, 5.41) is 6.83. The highest BCUT2D eigenvalue weighted by molar-refractivity contribution is 5.86. The van der Waals surface area contributed by atoms with Crippen LogP contribution in [0.5, 0.6) is 0 Å². The van der Waals surface area contributed by atoms with Gasteiger partial charge in [-0.1, -0.05) is 18.5 Å². The Bertz CT molecular complexity index is 431. The number of hydrogen-bond acceptors (Lipinski definition) is 5. The van der Waals surface area contributed by atoms with Crippen molar-refractivity contribution in [3.05, 3.63) is 11.7 Å². The average Bonchev–Trinajstić information content (AvgIpc) is 2.72. The lowest BCUT2D eigenvalue weighted by Crippen LogP contribution is -2.62. The van der Waals surface area contributed by atoms with Crippen LogP contribution in [0, 0.1) is 6.92 Å². The Labute approximate surface area is 107 Å². The van der Waals surface area contributed by atoms with Gasteiger partial charge in [0.1, 0.15) is 0 Å². The highest BCUT2D eigenvalue weighted by Crippen LogP contribution is 2.25. The number of aryl methyl sites for hydroxylation is 1. The molecule has 0 radical (unpaired) electrons. The summed E-state index contributed by atoms with van der Waals surface area (Å²) in [6, 6.07) is 0. The van der Waals surface area contributed by atoms with Crippen LogP contribution >= 0.6 is 0 Å². The maximum absolute atomic E-state index is 12.1. The van der Waals surface area contributed by atoms with Gasteiger partial charge in [0.15, 0.2) is 5.82 Å². The van der Waals surface area contributed by atoms with Gasteiger partial charge in [0.05, 0.1) is 12.1 Å². The summed E-state index contributed by atoms with van der Waals surface area (Å²) in [7, 11) is 0. The molecule has 100 valence electrons. The maximum atomic E-state index is 12.1. The average molecular weight is 252 g/mol. The van der Waals surface area contributed by atoms with Crippen LogP contribution in [0.2, 0.25) is 0 Å². The van der Waals surface area contributed by atoms with Crippen molar-refractivity contribution in [1.29, 1.82) is 0 Å². The fourth-order valence-corrected chi connectivity index (χ4v) is 2.47. The molecule has 2 rings (SSSR count). The molecule has 0 saturated carbocycles. The van der Waals surface area contributed by atoms with E-state index < -0.39 is 5.54 Å². The molecule has 1 aromatic heterocycles. The Kier molecular flexibility index (Phi) is 3.65. The van der Waals surface area contributed by atoms with E-state index in [1.54, 1.807) is 6.92 Å². The van der Waals surface area contributed by atoms with Gasteiger partial charge in [-0.25, -0.2) is 0 Å². The van der Waals surface area contributed by atoms with E-state index in [4.69, 9.17) is 4.52 Å². The fraction of sp³-hybridized carbons (Fsp3) is 0.750. The molecule has 0 unspecified atom stereocenters. The largest absolute Gasteiger partial charge is 0.353 e. The molecule has 1 amide bonds. The normalized spacial score (nSPS) is 25.2. The number of aromatic nitrogens is 2. The predicted octanol–water partition coefficient (Wildman–Crippen LogP) is 0.869. The molecule has 2 heterocycles. The molecular formula is C12H20N4O2. The monoisotopic (exact) mass is 252 g/mol. The van der Waals surface area contributed by atoms with Crippen molar-refractivity contribution in [3.8, 4) is 0 Å². The SMILES string of the molecule is CCC[C@]1(C)C(=O)NCCN1Cc1noc(C)n1. The van der Waals surface area contributed by atoms with Gasteiger partial charge in [-0.3, -0.25) is 9.69 Å². The number of nitrogens with zero attached hydrogens (tertiary/aromatic N) is 3. The summed E-state index contributed by atoms with van der Waals surface area (Å²) in [5.74, 6) is 1.30. The zero-order valence-corrected chi connectivity index (χ0v) is 11.2. The summed E-state index contributed by atoms with van der Waals surface area (Å²) >= 11 is 0. The number of carbonyl (C=O) groups is 1. The molecule has 1 atom stereocenters. The Morgan fingerprint density at radius 3 is 2.94 bits per heavy atom. The predicted molar refractivity (Wildman–Crippen MR) is 65.8 cm³/mol. The van der Waals surface area contributed by atoms with Crippen molar-refractivity contribution >= 4 is 5.91 Å². The number of hydrogen-bond donors (Lipinski definition) is 1. The van der Waals surface area contributed by atoms with Gasteiger partial charge in [0, 0.05) is 20.0 Å². The van der Waals surface area contributed by atoms with Crippen LogP contribution in [0.25, 0.3) is 0 Å². The molecule has 0 aromatic carbocycles. The second-order valence-electron chi connectivity index (χ2n) is 4.93. The first-order valence-electron chi connectivity index (χ1n) is 6.39. The summed E-state index contributed by atoms with van der Waals surface area (Å²) in [6.45, 7) is 7.89. The van der Waals surface area contributed by atoms with E-state index in [0.29, 0.717) is 24.8 Å². The van der Waals surface area contributed by atoms with Crippen LogP contribution in [0.1, 0.15) is 38.4 Å². The lowest BCUT2D eigenvalue weighted by atomic mass is 9.90. The topological polar surface area (TPSA) is 71.3 Å². The first kappa shape index (κ1) is 13.0. The van der Waals surface area contributed by atoms with Gasteiger partial charge >= 0.3 is 0 Å². The minimum atomic E-state index is -0.471. The molecule has 0 spiro atoms. The number of piperazine rings is 1. The van der Waals surface area contributed by atoms with Crippen LogP contribution in [0.4, 0.5) is 0 Å². The third-order valence-electron chi connectivity index (χ3n) is 3.49. The van der Waals surface area contributed by atoms with E-state index in [1.807, 2.05) is 6.92 Å². The van der Waals surface area contributed by atoms with Crippen molar-refractivity contribution < 1.29 is 9.32 Å². The number of amides is 1. The third kappa shape index (κ3) is 2.38. The molecule has 1 aliphatic heterocycles. The highest BCUT2D eigenvalue weighted by atomic mass is 16.5. The molecule has 0 aliphatic carbocycles. The summed E-state index contributed by atoms with van der Waals surface area (Å²) in [6.07, 6.45) is 1.79. The lowest BCUT2D eigenvalue weighted by molar-refractivity contribution is -0.137. The van der Waals surface area contributed by atoms with E-state index >= 15 is 0 Å². The van der Waals surface area contributed by atoms with E-state index in [1.165, 1.54) is 0 Å². The molecule has 1 aromatic rings. The van der Waals surface area contributed by atoms with Crippen molar-refractivity contribution in [2.24, 2.45) is 0 Å². The third-order valence-corrected chi connectivity index (χ3v) is 3.49. The summed E-state index contributed by atoms with van der Waals surface area (Å²) < 4.78 is 4.97. The number of rotatable bonds is 4. The van der Waals surface area contributed by atoms with Crippen LogP contribution in [0.3, 0.4) is 0 Å². The Hall–Kier alpha value is -1.43. The van der Waals surface area contributed by atoms with Crippen LogP contribution in [0.15, 0.2) is 4.52 Å². The van der Waals surface area contributed by atoms with E-state index in [0.717, 1.165) is 19.4 Å². The van der Waals surface area contributed by atoms with Crippen molar-refractivity contribution in [1.82, 2.24) is 20.4 Å². The van der Waals surface area contributed by atoms with Gasteiger partial charge < -0.3 is 9.84 Å². The zero-order chi connectivity index (χ0) is 13.2. The van der Waals surface area contributed by atoms with Gasteiger partial charge in [-0.15, -0.1) is 0 Å². The van der Waals surface area contributed by atoms with Gasteiger partial charge in [-0.05, 0) is 13.3 Å². The van der Waals surface area contributed by atoms with E-state index in [9.17, 15) is 4.79 Å². The fourth-order valence-electron chi connectivity index (χ4n) is 2.47. The summed E-state index contributed by atoms with van der Waals surface area (Å²) in [4.78, 5) is 18.4. The molecule has 18 heavy (non-hydrogen) atoms. The van der Waals surface area contributed by atoms with E-state index in [2.05, 4.69) is 27.3 Å². The second-order valence-corrected chi connectivity index (χ2v) is 4.93. The number of nitrogens with one attached hydrogen (secondary N) is 1. The molecule has 0 bridgehead atoms. The van der Waals surface area contributed by atoms with Gasteiger partial charge in [-0.2, -0.15) is 4.98 Å².